The number of nitrogens with zero attached hydrogens (tertiary/aromatic N) is 1. The number of ether oxygens (including phenoxy) is 4. The minimum Gasteiger partial charge on any atom is -0.493 e. The molecule has 1 unspecified atom stereocenters. The summed E-state index contributed by atoms with van der Waals surface area (Å²) in [7, 11) is 1.56. The molecule has 0 saturated heterocycles. The summed E-state index contributed by atoms with van der Waals surface area (Å²) in [6.45, 7) is 8.96. The summed E-state index contributed by atoms with van der Waals surface area (Å²) in [5.74, 6) is -0.108. The monoisotopic (exact) mass is 474 g/mol. The molecule has 9 nitrogen and oxygen atoms in total. The van der Waals surface area contributed by atoms with E-state index in [9.17, 15) is 14.7 Å². The van der Waals surface area contributed by atoms with Crippen LogP contribution in [0.2, 0.25) is 0 Å². The Hall–Kier alpha value is -2.88. The summed E-state index contributed by atoms with van der Waals surface area (Å²) in [4.78, 5) is 24.1. The second-order valence-corrected chi connectivity index (χ2v) is 9.26. The lowest BCUT2D eigenvalue weighted by molar-refractivity contribution is 0.0385. The maximum absolute atomic E-state index is 12.5. The Morgan fingerprint density at radius 2 is 1.76 bits per heavy atom. The van der Waals surface area contributed by atoms with Gasteiger partial charge in [0.25, 0.3) is 0 Å². The van der Waals surface area contributed by atoms with Crippen molar-refractivity contribution in [2.75, 3.05) is 46.7 Å². The van der Waals surface area contributed by atoms with Crippen molar-refractivity contribution < 1.29 is 28.8 Å². The van der Waals surface area contributed by atoms with E-state index in [0.29, 0.717) is 63.2 Å². The fourth-order valence-electron chi connectivity index (χ4n) is 4.11. The van der Waals surface area contributed by atoms with Crippen molar-refractivity contribution in [3.8, 4) is 22.8 Å². The predicted octanol–water partition coefficient (Wildman–Crippen LogP) is 2.74. The SMILES string of the molecule is COc1cc2c(cc1OCCOCCOCCN)CC(C(C)(C)C)n1cc(C(=O)O)c(=O)cc1-2. The van der Waals surface area contributed by atoms with Crippen molar-refractivity contribution in [2.24, 2.45) is 11.1 Å². The number of carboxylic acid groups (broad SMARTS) is 1. The largest absolute Gasteiger partial charge is 0.493 e. The number of methoxy groups -OCH3 is 1. The molecule has 1 aromatic carbocycles. The number of carboxylic acids is 1. The molecule has 9 heteroatoms. The van der Waals surface area contributed by atoms with Gasteiger partial charge in [-0.1, -0.05) is 20.8 Å². The van der Waals surface area contributed by atoms with E-state index in [1.807, 2.05) is 16.7 Å². The van der Waals surface area contributed by atoms with E-state index in [1.165, 1.54) is 12.3 Å². The van der Waals surface area contributed by atoms with E-state index in [2.05, 4.69) is 20.8 Å². The van der Waals surface area contributed by atoms with Crippen LogP contribution < -0.4 is 20.6 Å². The summed E-state index contributed by atoms with van der Waals surface area (Å²) in [5.41, 5.74) is 6.94. The zero-order valence-corrected chi connectivity index (χ0v) is 20.3. The molecule has 0 bridgehead atoms. The van der Waals surface area contributed by atoms with Crippen LogP contribution in [0.1, 0.15) is 42.7 Å². The number of aromatic carboxylic acids is 1. The van der Waals surface area contributed by atoms with Crippen LogP contribution in [0.4, 0.5) is 0 Å². The molecular weight excluding hydrogens is 440 g/mol. The third-order valence-electron chi connectivity index (χ3n) is 5.84. The number of rotatable bonds is 11. The Morgan fingerprint density at radius 3 is 2.38 bits per heavy atom. The highest BCUT2D eigenvalue weighted by Crippen LogP contribution is 2.45. The highest BCUT2D eigenvalue weighted by Gasteiger charge is 2.34. The molecule has 0 radical (unpaired) electrons. The molecular formula is C25H34N2O7. The van der Waals surface area contributed by atoms with Crippen LogP contribution in [0.3, 0.4) is 0 Å². The van der Waals surface area contributed by atoms with Gasteiger partial charge in [0.2, 0.25) is 0 Å². The second kappa shape index (κ2) is 11.0. The van der Waals surface area contributed by atoms with Gasteiger partial charge in [0.15, 0.2) is 16.9 Å². The van der Waals surface area contributed by atoms with Crippen LogP contribution in [0.25, 0.3) is 11.3 Å². The Balaban J connectivity index is 1.88. The van der Waals surface area contributed by atoms with Gasteiger partial charge in [0, 0.05) is 30.4 Å². The molecule has 2 heterocycles. The molecule has 186 valence electrons. The quantitative estimate of drug-likeness (QED) is 0.477. The predicted molar refractivity (Wildman–Crippen MR) is 128 cm³/mol. The topological polar surface area (TPSA) is 122 Å². The van der Waals surface area contributed by atoms with Crippen LogP contribution in [0.15, 0.2) is 29.2 Å². The Kier molecular flexibility index (Phi) is 8.35. The van der Waals surface area contributed by atoms with Gasteiger partial charge in [-0.3, -0.25) is 4.79 Å². The average Bonchev–Trinajstić information content (AvgIpc) is 2.78. The van der Waals surface area contributed by atoms with Crippen molar-refractivity contribution in [3.63, 3.8) is 0 Å². The highest BCUT2D eigenvalue weighted by atomic mass is 16.6. The van der Waals surface area contributed by atoms with E-state index in [4.69, 9.17) is 24.7 Å². The molecule has 1 atom stereocenters. The van der Waals surface area contributed by atoms with E-state index in [1.54, 1.807) is 7.11 Å². The summed E-state index contributed by atoms with van der Waals surface area (Å²) < 4.78 is 24.2. The molecule has 1 aliphatic rings. The minimum absolute atomic E-state index is 0.0493. The van der Waals surface area contributed by atoms with E-state index < -0.39 is 11.4 Å². The first-order valence-electron chi connectivity index (χ1n) is 11.4. The molecule has 34 heavy (non-hydrogen) atoms. The molecule has 0 saturated carbocycles. The lowest BCUT2D eigenvalue weighted by atomic mass is 9.78. The molecule has 1 aliphatic heterocycles. The standard InChI is InChI=1S/C25H34N2O7/c1-25(2,3)23-12-16-11-22(34-10-9-33-8-7-32-6-5-26)21(31-4)13-17(16)19-14-20(28)18(24(29)30)15-27(19)23/h11,13-15,23H,5-10,12,26H2,1-4H3,(H,29,30). The zero-order valence-electron chi connectivity index (χ0n) is 20.3. The number of aromatic nitrogens is 1. The van der Waals surface area contributed by atoms with Gasteiger partial charge in [-0.05, 0) is 29.5 Å². The molecule has 0 spiro atoms. The zero-order chi connectivity index (χ0) is 24.9. The van der Waals surface area contributed by atoms with Gasteiger partial charge in [-0.2, -0.15) is 0 Å². The number of nitrogens with two attached hydrogens (primary N) is 1. The first-order chi connectivity index (χ1) is 16.2. The highest BCUT2D eigenvalue weighted by molar-refractivity contribution is 5.88. The molecule has 2 aromatic rings. The molecule has 0 amide bonds. The number of benzene rings is 1. The van der Waals surface area contributed by atoms with Crippen molar-refractivity contribution >= 4 is 5.97 Å². The van der Waals surface area contributed by atoms with Gasteiger partial charge in [-0.15, -0.1) is 0 Å². The minimum atomic E-state index is -1.23. The lowest BCUT2D eigenvalue weighted by Gasteiger charge is -2.39. The van der Waals surface area contributed by atoms with Crippen LogP contribution in [-0.4, -0.2) is 62.3 Å². The van der Waals surface area contributed by atoms with Gasteiger partial charge < -0.3 is 34.4 Å². The van der Waals surface area contributed by atoms with Crippen LogP contribution >= 0.6 is 0 Å². The van der Waals surface area contributed by atoms with E-state index >= 15 is 0 Å². The summed E-state index contributed by atoms with van der Waals surface area (Å²) in [5, 5.41) is 9.47. The first kappa shape index (κ1) is 25.7. The number of fused-ring (bicyclic) bond motifs is 3. The molecule has 3 N–H and O–H groups in total. The van der Waals surface area contributed by atoms with E-state index in [0.717, 1.165) is 11.1 Å². The maximum Gasteiger partial charge on any atom is 0.341 e. The maximum atomic E-state index is 12.5. The summed E-state index contributed by atoms with van der Waals surface area (Å²) in [6.07, 6.45) is 2.12. The van der Waals surface area contributed by atoms with Crippen LogP contribution in [-0.2, 0) is 15.9 Å². The number of pyridine rings is 1. The Morgan fingerprint density at radius 1 is 1.09 bits per heavy atom. The van der Waals surface area contributed by atoms with Crippen LogP contribution in [0, 0.1) is 5.41 Å². The molecule has 3 rings (SSSR count). The van der Waals surface area contributed by atoms with Gasteiger partial charge in [0.1, 0.15) is 12.2 Å². The molecule has 0 fully saturated rings. The Bertz CT molecular complexity index is 1070. The van der Waals surface area contributed by atoms with Gasteiger partial charge >= 0.3 is 5.97 Å². The molecule has 0 aliphatic carbocycles. The smallest absolute Gasteiger partial charge is 0.341 e. The summed E-state index contributed by atoms with van der Waals surface area (Å²) >= 11 is 0. The third kappa shape index (κ3) is 5.78. The fraction of sp³-hybridized carbons (Fsp3) is 0.520. The lowest BCUT2D eigenvalue weighted by Crippen LogP contribution is -2.32. The van der Waals surface area contributed by atoms with Crippen molar-refractivity contribution in [2.45, 2.75) is 33.2 Å². The van der Waals surface area contributed by atoms with Gasteiger partial charge in [-0.25, -0.2) is 4.79 Å². The molecule has 1 aromatic heterocycles. The average molecular weight is 475 g/mol. The number of hydrogen-bond donors (Lipinski definition) is 2. The first-order valence-corrected chi connectivity index (χ1v) is 11.4. The fourth-order valence-corrected chi connectivity index (χ4v) is 4.11. The second-order valence-electron chi connectivity index (χ2n) is 9.26. The summed E-state index contributed by atoms with van der Waals surface area (Å²) in [6, 6.07) is 5.14. The number of carbonyl (C=O) groups is 1. The third-order valence-corrected chi connectivity index (χ3v) is 5.84. The van der Waals surface area contributed by atoms with Crippen LogP contribution in [0.5, 0.6) is 11.5 Å². The van der Waals surface area contributed by atoms with Gasteiger partial charge in [0.05, 0.1) is 39.2 Å². The van der Waals surface area contributed by atoms with Crippen molar-refractivity contribution in [1.29, 1.82) is 0 Å². The normalized spacial score (nSPS) is 14.9. The van der Waals surface area contributed by atoms with Crippen molar-refractivity contribution in [1.82, 2.24) is 4.57 Å². The Labute approximate surface area is 199 Å². The number of hydrogen-bond acceptors (Lipinski definition) is 7. The van der Waals surface area contributed by atoms with Crippen molar-refractivity contribution in [3.05, 3.63) is 45.7 Å². The van der Waals surface area contributed by atoms with E-state index in [-0.39, 0.29) is 17.0 Å².